The van der Waals surface area contributed by atoms with Gasteiger partial charge in [-0.05, 0) is 47.8 Å². The van der Waals surface area contributed by atoms with Crippen molar-refractivity contribution in [2.75, 3.05) is 5.32 Å². The molecule has 1 aromatic carbocycles. The number of hydrogen-bond donors (Lipinski definition) is 2. The highest BCUT2D eigenvalue weighted by Gasteiger charge is 2.09. The normalized spacial score (nSPS) is 10.4. The van der Waals surface area contributed by atoms with E-state index in [9.17, 15) is 4.79 Å². The summed E-state index contributed by atoms with van der Waals surface area (Å²) in [5, 5.41) is 3.20. The van der Waals surface area contributed by atoms with Gasteiger partial charge in [0.2, 0.25) is 0 Å². The summed E-state index contributed by atoms with van der Waals surface area (Å²) in [4.78, 5) is 18.1. The molecule has 0 aliphatic carbocycles. The first-order valence-corrected chi connectivity index (χ1v) is 6.36. The number of anilines is 2. The molecule has 94 valence electrons. The van der Waals surface area contributed by atoms with Crippen molar-refractivity contribution in [1.82, 2.24) is 9.97 Å². The fourth-order valence-electron chi connectivity index (χ4n) is 1.97. The molecule has 0 spiro atoms. The molecule has 1 heterocycles. The molecule has 0 fully saturated rings. The number of aryl methyl sites for hydroxylation is 3. The van der Waals surface area contributed by atoms with E-state index in [1.807, 2.05) is 13.8 Å². The number of benzene rings is 1. The number of rotatable bonds is 2. The van der Waals surface area contributed by atoms with Crippen LogP contribution in [0.2, 0.25) is 0 Å². The van der Waals surface area contributed by atoms with Crippen molar-refractivity contribution in [3.8, 4) is 0 Å². The van der Waals surface area contributed by atoms with Crippen molar-refractivity contribution >= 4 is 27.4 Å². The molecular weight excluding hydrogens is 294 g/mol. The standard InChI is InChI=1S/C13H14BrN3O/c1-7-4-8(2)11(9(3)5-7)17-12-10(14)13(18)16-6-15-12/h4-6H,1-3H3,(H2,15,16,17,18). The minimum Gasteiger partial charge on any atom is -0.339 e. The Balaban J connectivity index is 2.47. The van der Waals surface area contributed by atoms with Gasteiger partial charge in [0.1, 0.15) is 4.47 Å². The fourth-order valence-corrected chi connectivity index (χ4v) is 2.28. The Morgan fingerprint density at radius 1 is 1.22 bits per heavy atom. The summed E-state index contributed by atoms with van der Waals surface area (Å²) >= 11 is 3.23. The van der Waals surface area contributed by atoms with Gasteiger partial charge in [0.15, 0.2) is 5.82 Å². The number of aromatic nitrogens is 2. The molecule has 0 saturated carbocycles. The number of hydrogen-bond acceptors (Lipinski definition) is 3. The van der Waals surface area contributed by atoms with E-state index in [0.29, 0.717) is 10.3 Å². The van der Waals surface area contributed by atoms with E-state index in [-0.39, 0.29) is 5.56 Å². The maximum absolute atomic E-state index is 11.5. The lowest BCUT2D eigenvalue weighted by Crippen LogP contribution is -2.10. The van der Waals surface area contributed by atoms with Crippen molar-refractivity contribution < 1.29 is 0 Å². The van der Waals surface area contributed by atoms with Gasteiger partial charge in [-0.3, -0.25) is 4.79 Å². The molecule has 0 amide bonds. The molecule has 0 saturated heterocycles. The van der Waals surface area contributed by atoms with Crippen LogP contribution in [0.5, 0.6) is 0 Å². The van der Waals surface area contributed by atoms with E-state index in [1.165, 1.54) is 11.9 Å². The van der Waals surface area contributed by atoms with E-state index >= 15 is 0 Å². The van der Waals surface area contributed by atoms with Gasteiger partial charge in [-0.25, -0.2) is 4.98 Å². The van der Waals surface area contributed by atoms with Crippen LogP contribution in [0.4, 0.5) is 11.5 Å². The Morgan fingerprint density at radius 2 is 1.83 bits per heavy atom. The third-order valence-electron chi connectivity index (χ3n) is 2.72. The molecule has 5 heteroatoms. The van der Waals surface area contributed by atoms with Crippen molar-refractivity contribution in [2.45, 2.75) is 20.8 Å². The highest BCUT2D eigenvalue weighted by molar-refractivity contribution is 9.10. The van der Waals surface area contributed by atoms with Gasteiger partial charge in [0.25, 0.3) is 5.56 Å². The molecule has 0 atom stereocenters. The quantitative estimate of drug-likeness (QED) is 0.895. The second-order valence-electron chi connectivity index (χ2n) is 4.29. The SMILES string of the molecule is Cc1cc(C)c(Nc2nc[nH]c(=O)c2Br)c(C)c1. The highest BCUT2D eigenvalue weighted by Crippen LogP contribution is 2.26. The highest BCUT2D eigenvalue weighted by atomic mass is 79.9. The third-order valence-corrected chi connectivity index (χ3v) is 3.45. The molecule has 0 radical (unpaired) electrons. The van der Waals surface area contributed by atoms with Gasteiger partial charge in [-0.1, -0.05) is 17.7 Å². The Bertz CT molecular complexity index is 626. The lowest BCUT2D eigenvalue weighted by atomic mass is 10.1. The van der Waals surface area contributed by atoms with Gasteiger partial charge >= 0.3 is 0 Å². The number of nitrogens with one attached hydrogen (secondary N) is 2. The monoisotopic (exact) mass is 307 g/mol. The van der Waals surface area contributed by atoms with Crippen LogP contribution < -0.4 is 10.9 Å². The van der Waals surface area contributed by atoms with Crippen molar-refractivity contribution in [1.29, 1.82) is 0 Å². The second kappa shape index (κ2) is 4.94. The van der Waals surface area contributed by atoms with Crippen LogP contribution in [0.15, 0.2) is 27.7 Å². The maximum Gasteiger partial charge on any atom is 0.267 e. The molecule has 0 bridgehead atoms. The summed E-state index contributed by atoms with van der Waals surface area (Å²) in [6, 6.07) is 4.19. The Morgan fingerprint density at radius 3 is 2.44 bits per heavy atom. The minimum absolute atomic E-state index is 0.199. The zero-order chi connectivity index (χ0) is 13.3. The summed E-state index contributed by atoms with van der Waals surface area (Å²) < 4.78 is 0.407. The molecule has 2 rings (SSSR count). The van der Waals surface area contributed by atoms with Gasteiger partial charge in [-0.15, -0.1) is 0 Å². The Hall–Kier alpha value is -1.62. The average Bonchev–Trinajstić information content (AvgIpc) is 2.28. The van der Waals surface area contributed by atoms with Crippen LogP contribution in [0.3, 0.4) is 0 Å². The molecule has 0 aliphatic heterocycles. The third kappa shape index (κ3) is 2.46. The zero-order valence-corrected chi connectivity index (χ0v) is 12.1. The topological polar surface area (TPSA) is 57.8 Å². The molecule has 1 aromatic heterocycles. The Kier molecular flexibility index (Phi) is 3.52. The van der Waals surface area contributed by atoms with Crippen LogP contribution in [0.25, 0.3) is 0 Å². The summed E-state index contributed by atoms with van der Waals surface area (Å²) in [6.07, 6.45) is 1.38. The number of aromatic amines is 1. The smallest absolute Gasteiger partial charge is 0.267 e. The summed E-state index contributed by atoms with van der Waals surface area (Å²) in [5.74, 6) is 0.522. The first-order chi connectivity index (χ1) is 8.49. The van der Waals surface area contributed by atoms with E-state index in [2.05, 4.69) is 50.3 Å². The lowest BCUT2D eigenvalue weighted by molar-refractivity contribution is 1.10. The second-order valence-corrected chi connectivity index (χ2v) is 5.09. The van der Waals surface area contributed by atoms with Crippen LogP contribution in [-0.4, -0.2) is 9.97 Å². The van der Waals surface area contributed by atoms with E-state index in [4.69, 9.17) is 0 Å². The fraction of sp³-hybridized carbons (Fsp3) is 0.231. The maximum atomic E-state index is 11.5. The van der Waals surface area contributed by atoms with Crippen molar-refractivity contribution in [3.63, 3.8) is 0 Å². The van der Waals surface area contributed by atoms with Gasteiger partial charge in [0.05, 0.1) is 6.33 Å². The van der Waals surface area contributed by atoms with Crippen LogP contribution in [-0.2, 0) is 0 Å². The van der Waals surface area contributed by atoms with Crippen LogP contribution in [0.1, 0.15) is 16.7 Å². The average molecular weight is 308 g/mol. The van der Waals surface area contributed by atoms with E-state index < -0.39 is 0 Å². The predicted octanol–water partition coefficient (Wildman–Crippen LogP) is 3.20. The van der Waals surface area contributed by atoms with E-state index in [0.717, 1.165) is 16.8 Å². The summed E-state index contributed by atoms with van der Waals surface area (Å²) in [5.41, 5.74) is 4.26. The van der Waals surface area contributed by atoms with Gasteiger partial charge in [0, 0.05) is 5.69 Å². The molecule has 0 aliphatic rings. The number of halogens is 1. The van der Waals surface area contributed by atoms with Gasteiger partial charge in [-0.2, -0.15) is 0 Å². The Labute approximate surface area is 114 Å². The summed E-state index contributed by atoms with van der Waals surface area (Å²) in [6.45, 7) is 6.12. The molecule has 4 nitrogen and oxygen atoms in total. The van der Waals surface area contributed by atoms with Crippen molar-refractivity contribution in [3.05, 3.63) is 50.0 Å². The summed E-state index contributed by atoms with van der Waals surface area (Å²) in [7, 11) is 0. The molecule has 2 N–H and O–H groups in total. The van der Waals surface area contributed by atoms with Crippen molar-refractivity contribution in [2.24, 2.45) is 0 Å². The van der Waals surface area contributed by atoms with Crippen LogP contribution >= 0.6 is 15.9 Å². The lowest BCUT2D eigenvalue weighted by Gasteiger charge is -2.13. The predicted molar refractivity (Wildman–Crippen MR) is 76.5 cm³/mol. The van der Waals surface area contributed by atoms with E-state index in [1.54, 1.807) is 0 Å². The molecule has 18 heavy (non-hydrogen) atoms. The molecule has 2 aromatic rings. The largest absolute Gasteiger partial charge is 0.339 e. The number of nitrogens with zero attached hydrogens (tertiary/aromatic N) is 1. The molecule has 0 unspecified atom stereocenters. The minimum atomic E-state index is -0.199. The number of H-pyrrole nitrogens is 1. The molecular formula is C13H14BrN3O. The van der Waals surface area contributed by atoms with Gasteiger partial charge < -0.3 is 10.3 Å². The first-order valence-electron chi connectivity index (χ1n) is 5.57. The first kappa shape index (κ1) is 12.8. The zero-order valence-electron chi connectivity index (χ0n) is 10.5. The van der Waals surface area contributed by atoms with Crippen LogP contribution in [0, 0.1) is 20.8 Å².